The van der Waals surface area contributed by atoms with Gasteiger partial charge in [-0.25, -0.2) is 4.79 Å². The van der Waals surface area contributed by atoms with Crippen LogP contribution in [0, 0.1) is 0 Å². The van der Waals surface area contributed by atoms with Gasteiger partial charge in [0.05, 0.1) is 35.5 Å². The Hall–Kier alpha value is -3.30. The normalized spacial score (nSPS) is 16.3. The summed E-state index contributed by atoms with van der Waals surface area (Å²) in [6.45, 7) is 2.52. The molecule has 34 heavy (non-hydrogen) atoms. The lowest BCUT2D eigenvalue weighted by atomic mass is 10.0. The second-order valence-corrected chi connectivity index (χ2v) is 9.45. The number of pyridine rings is 1. The Kier molecular flexibility index (Phi) is 7.23. The van der Waals surface area contributed by atoms with Crippen LogP contribution in [0.15, 0.2) is 59.5 Å². The van der Waals surface area contributed by atoms with Crippen molar-refractivity contribution in [2.24, 2.45) is 0 Å². The van der Waals surface area contributed by atoms with Crippen LogP contribution >= 0.6 is 22.9 Å². The average molecular weight is 502 g/mol. The number of carbonyl (C=O) groups is 2. The second kappa shape index (κ2) is 10.3. The number of nitrogens with zero attached hydrogens (tertiary/aromatic N) is 2. The number of hydrogen-bond acceptors (Lipinski definition) is 6. The number of rotatable bonds is 8. The van der Waals surface area contributed by atoms with Crippen LogP contribution in [0.5, 0.6) is 5.75 Å². The zero-order valence-corrected chi connectivity index (χ0v) is 20.3. The summed E-state index contributed by atoms with van der Waals surface area (Å²) in [5, 5.41) is 2.78. The Bertz CT molecular complexity index is 1240. The summed E-state index contributed by atoms with van der Waals surface area (Å²) in [6, 6.07) is 14.0. The number of nitrogens with one attached hydrogen (secondary N) is 1. The number of ether oxygens (including phenoxy) is 2. The molecule has 0 aliphatic carbocycles. The first-order chi connectivity index (χ1) is 16.4. The van der Waals surface area contributed by atoms with E-state index < -0.39 is 12.2 Å². The van der Waals surface area contributed by atoms with Crippen molar-refractivity contribution in [3.05, 3.63) is 79.9 Å². The summed E-state index contributed by atoms with van der Waals surface area (Å²) in [5.74, 6) is 0.0341. The molecule has 1 aliphatic rings. The van der Waals surface area contributed by atoms with E-state index in [-0.39, 0.29) is 29.8 Å². The van der Waals surface area contributed by atoms with Crippen LogP contribution in [0.4, 0.5) is 10.5 Å². The van der Waals surface area contributed by atoms with Gasteiger partial charge < -0.3 is 19.4 Å². The van der Waals surface area contributed by atoms with E-state index in [1.54, 1.807) is 35.0 Å². The molecule has 0 bridgehead atoms. The van der Waals surface area contributed by atoms with Gasteiger partial charge in [-0.2, -0.15) is 0 Å². The van der Waals surface area contributed by atoms with Gasteiger partial charge in [0.25, 0.3) is 11.5 Å². The molecule has 0 saturated carbocycles. The van der Waals surface area contributed by atoms with Crippen molar-refractivity contribution < 1.29 is 19.1 Å². The highest BCUT2D eigenvalue weighted by molar-refractivity contribution is 7.18. The summed E-state index contributed by atoms with van der Waals surface area (Å²) >= 11 is 7.06. The Morgan fingerprint density at radius 1 is 1.24 bits per heavy atom. The Labute approximate surface area is 205 Å². The van der Waals surface area contributed by atoms with Crippen molar-refractivity contribution in [3.63, 3.8) is 0 Å². The molecule has 1 aliphatic heterocycles. The highest BCUT2D eigenvalue weighted by Gasteiger charge is 2.32. The number of methoxy groups -OCH3 is 1. The molecular formula is C24H24ClN3O5S. The van der Waals surface area contributed by atoms with Crippen LogP contribution < -0.4 is 20.5 Å². The van der Waals surface area contributed by atoms with E-state index in [1.165, 1.54) is 23.3 Å². The number of halogens is 1. The van der Waals surface area contributed by atoms with Crippen molar-refractivity contribution in [2.45, 2.75) is 25.5 Å². The molecule has 1 N–H and O–H groups in total. The van der Waals surface area contributed by atoms with E-state index in [4.69, 9.17) is 21.1 Å². The molecule has 10 heteroatoms. The highest BCUT2D eigenvalue weighted by atomic mass is 35.5. The highest BCUT2D eigenvalue weighted by Crippen LogP contribution is 2.27. The largest absolute Gasteiger partial charge is 0.491 e. The molecule has 4 rings (SSSR count). The van der Waals surface area contributed by atoms with Crippen LogP contribution in [-0.2, 0) is 4.74 Å². The molecule has 1 saturated heterocycles. The number of hydrogen-bond donors (Lipinski definition) is 1. The quantitative estimate of drug-likeness (QED) is 0.496. The summed E-state index contributed by atoms with van der Waals surface area (Å²) in [5.41, 5.74) is 1.42. The predicted molar refractivity (Wildman–Crippen MR) is 131 cm³/mol. The molecule has 0 spiro atoms. The van der Waals surface area contributed by atoms with Crippen LogP contribution in [0.1, 0.15) is 34.6 Å². The maximum Gasteiger partial charge on any atom is 0.414 e. The van der Waals surface area contributed by atoms with Crippen molar-refractivity contribution in [1.29, 1.82) is 0 Å². The Balaban J connectivity index is 1.42. The molecule has 2 amide bonds. The van der Waals surface area contributed by atoms with Crippen LogP contribution in [0.2, 0.25) is 4.34 Å². The fraction of sp³-hybridized carbons (Fsp3) is 0.292. The molecule has 3 aromatic rings. The molecule has 3 heterocycles. The third-order valence-corrected chi connectivity index (χ3v) is 6.86. The zero-order chi connectivity index (χ0) is 24.2. The smallest absolute Gasteiger partial charge is 0.414 e. The molecule has 0 radical (unpaired) electrons. The molecular weight excluding hydrogens is 478 g/mol. The summed E-state index contributed by atoms with van der Waals surface area (Å²) in [6.07, 6.45) is 1.51. The van der Waals surface area contributed by atoms with Crippen molar-refractivity contribution in [1.82, 2.24) is 9.88 Å². The molecule has 2 atom stereocenters. The molecule has 8 nitrogen and oxygen atoms in total. The van der Waals surface area contributed by atoms with E-state index in [1.807, 2.05) is 31.2 Å². The maximum absolute atomic E-state index is 12.7. The van der Waals surface area contributed by atoms with Crippen LogP contribution in [-0.4, -0.2) is 42.9 Å². The summed E-state index contributed by atoms with van der Waals surface area (Å²) in [7, 11) is 1.47. The van der Waals surface area contributed by atoms with Gasteiger partial charge in [0.2, 0.25) is 0 Å². The number of anilines is 1. The fourth-order valence-corrected chi connectivity index (χ4v) is 4.89. The monoisotopic (exact) mass is 501 g/mol. The predicted octanol–water partition coefficient (Wildman–Crippen LogP) is 4.33. The lowest BCUT2D eigenvalue weighted by Gasteiger charge is -2.20. The standard InChI is InChI=1S/C24H24ClN3O5S/c1-3-18(27-12-4-5-19(32-2)23(27)30)15-6-8-16(9-7-15)28-14-17(33-24(28)31)13-26-22(29)20-10-11-21(25)34-20/h4-12,17-18H,3,13-14H2,1-2H3,(H,26,29)/t17-,18?/m0/s1. The van der Waals surface area contributed by atoms with Gasteiger partial charge in [0.1, 0.15) is 6.10 Å². The molecule has 2 aromatic heterocycles. The Morgan fingerprint density at radius 2 is 2.00 bits per heavy atom. The van der Waals surface area contributed by atoms with Gasteiger partial charge in [0.15, 0.2) is 5.75 Å². The zero-order valence-electron chi connectivity index (χ0n) is 18.7. The van der Waals surface area contributed by atoms with Gasteiger partial charge >= 0.3 is 6.09 Å². The van der Waals surface area contributed by atoms with Crippen molar-refractivity contribution in [3.8, 4) is 5.75 Å². The van der Waals surface area contributed by atoms with E-state index in [9.17, 15) is 14.4 Å². The molecule has 1 unspecified atom stereocenters. The van der Waals surface area contributed by atoms with E-state index >= 15 is 0 Å². The third kappa shape index (κ3) is 4.95. The number of cyclic esters (lactones) is 1. The number of benzene rings is 1. The summed E-state index contributed by atoms with van der Waals surface area (Å²) in [4.78, 5) is 39.3. The SMILES string of the molecule is CCC(c1ccc(N2C[C@H](CNC(=O)c3ccc(Cl)s3)OC2=O)cc1)n1cccc(OC)c1=O. The number of amides is 2. The lowest BCUT2D eigenvalue weighted by molar-refractivity contribution is 0.0920. The summed E-state index contributed by atoms with van der Waals surface area (Å²) < 4.78 is 12.8. The van der Waals surface area contributed by atoms with Crippen molar-refractivity contribution in [2.75, 3.05) is 25.1 Å². The van der Waals surface area contributed by atoms with Gasteiger partial charge in [-0.1, -0.05) is 30.7 Å². The second-order valence-electron chi connectivity index (χ2n) is 7.73. The lowest BCUT2D eigenvalue weighted by Crippen LogP contribution is -2.34. The number of carbonyl (C=O) groups excluding carboxylic acids is 2. The first-order valence-corrected chi connectivity index (χ1v) is 12.0. The fourth-order valence-electron chi connectivity index (χ4n) is 3.93. The maximum atomic E-state index is 12.7. The molecule has 1 aromatic carbocycles. The van der Waals surface area contributed by atoms with Crippen LogP contribution in [0.25, 0.3) is 0 Å². The van der Waals surface area contributed by atoms with Gasteiger partial charge in [-0.05, 0) is 48.4 Å². The van der Waals surface area contributed by atoms with Crippen LogP contribution in [0.3, 0.4) is 0 Å². The third-order valence-electron chi connectivity index (χ3n) is 5.63. The average Bonchev–Trinajstić information content (AvgIpc) is 3.45. The van der Waals surface area contributed by atoms with E-state index in [0.717, 1.165) is 5.56 Å². The van der Waals surface area contributed by atoms with Gasteiger partial charge in [-0.3, -0.25) is 14.5 Å². The first kappa shape index (κ1) is 23.8. The van der Waals surface area contributed by atoms with E-state index in [2.05, 4.69) is 5.32 Å². The first-order valence-electron chi connectivity index (χ1n) is 10.8. The molecule has 1 fully saturated rings. The molecule has 178 valence electrons. The minimum atomic E-state index is -0.470. The van der Waals surface area contributed by atoms with Crippen molar-refractivity contribution >= 4 is 40.6 Å². The number of thiophene rings is 1. The minimum Gasteiger partial charge on any atom is -0.491 e. The minimum absolute atomic E-state index is 0.170. The Morgan fingerprint density at radius 3 is 2.65 bits per heavy atom. The van der Waals surface area contributed by atoms with Gasteiger partial charge in [0, 0.05) is 11.9 Å². The van der Waals surface area contributed by atoms with E-state index in [0.29, 0.717) is 27.9 Å². The van der Waals surface area contributed by atoms with Gasteiger partial charge in [-0.15, -0.1) is 11.3 Å². The number of aromatic nitrogens is 1. The topological polar surface area (TPSA) is 89.9 Å².